The smallest absolute Gasteiger partial charge is 0.329 e. The van der Waals surface area contributed by atoms with Crippen LogP contribution in [0.4, 0.5) is 8.78 Å². The van der Waals surface area contributed by atoms with Crippen molar-refractivity contribution in [3.05, 3.63) is 29.8 Å². The molecule has 20 heavy (non-hydrogen) atoms. The first-order valence-electron chi connectivity index (χ1n) is 6.39. The number of methoxy groups -OCH3 is 1. The first-order chi connectivity index (χ1) is 9.55. The van der Waals surface area contributed by atoms with Gasteiger partial charge in [-0.3, -0.25) is 0 Å². The molecule has 1 fully saturated rings. The number of ether oxygens (including phenoxy) is 2. The molecule has 4 nitrogen and oxygen atoms in total. The molecule has 1 aromatic rings. The summed E-state index contributed by atoms with van der Waals surface area (Å²) in [6.45, 7) is -0.182. The van der Waals surface area contributed by atoms with Crippen molar-refractivity contribution in [3.8, 4) is 5.75 Å². The van der Waals surface area contributed by atoms with E-state index in [1.54, 1.807) is 7.05 Å². The Kier molecular flexibility index (Phi) is 4.23. The second-order valence-corrected chi connectivity index (χ2v) is 4.83. The number of halogens is 2. The summed E-state index contributed by atoms with van der Waals surface area (Å²) in [5.41, 5.74) is -1.07. The molecule has 0 amide bonds. The van der Waals surface area contributed by atoms with Crippen molar-refractivity contribution in [2.75, 3.05) is 20.8 Å². The Hall–Kier alpha value is -1.69. The Bertz CT molecular complexity index is 485. The number of hydrogen-bond donors (Lipinski definition) is 1. The maximum Gasteiger partial charge on any atom is 0.329 e. The number of carbonyl (C=O) groups is 1. The minimum Gasteiger partial charge on any atom is -0.485 e. The lowest BCUT2D eigenvalue weighted by atomic mass is 9.94. The van der Waals surface area contributed by atoms with Crippen LogP contribution in [0.25, 0.3) is 0 Å². The second-order valence-electron chi connectivity index (χ2n) is 4.83. The molecule has 2 rings (SSSR count). The van der Waals surface area contributed by atoms with Crippen molar-refractivity contribution < 1.29 is 23.0 Å². The highest BCUT2D eigenvalue weighted by atomic mass is 19.1. The number of hydrogen-bond acceptors (Lipinski definition) is 4. The van der Waals surface area contributed by atoms with E-state index < -0.39 is 28.9 Å². The molecule has 1 saturated carbocycles. The fourth-order valence-electron chi connectivity index (χ4n) is 2.29. The molecular weight excluding hydrogens is 268 g/mol. The number of nitrogens with one attached hydrogen (secondary N) is 1. The summed E-state index contributed by atoms with van der Waals surface area (Å²) >= 11 is 0. The average molecular weight is 285 g/mol. The zero-order valence-electron chi connectivity index (χ0n) is 11.4. The van der Waals surface area contributed by atoms with Crippen LogP contribution >= 0.6 is 0 Å². The third-order valence-electron chi connectivity index (χ3n) is 3.63. The summed E-state index contributed by atoms with van der Waals surface area (Å²) in [4.78, 5) is 12.0. The van der Waals surface area contributed by atoms with E-state index in [1.807, 2.05) is 0 Å². The number of para-hydroxylation sites is 1. The summed E-state index contributed by atoms with van der Waals surface area (Å²) in [6, 6.07) is 3.47. The van der Waals surface area contributed by atoms with Crippen LogP contribution < -0.4 is 10.1 Å². The predicted molar refractivity (Wildman–Crippen MR) is 68.4 cm³/mol. The van der Waals surface area contributed by atoms with Crippen molar-refractivity contribution in [3.63, 3.8) is 0 Å². The van der Waals surface area contributed by atoms with Crippen LogP contribution in [0.5, 0.6) is 5.75 Å². The summed E-state index contributed by atoms with van der Waals surface area (Å²) in [5.74, 6) is -2.50. The molecule has 0 aromatic heterocycles. The van der Waals surface area contributed by atoms with Gasteiger partial charge in [0.2, 0.25) is 0 Å². The van der Waals surface area contributed by atoms with Crippen molar-refractivity contribution in [2.45, 2.75) is 18.4 Å². The highest BCUT2D eigenvalue weighted by Crippen LogP contribution is 2.41. The van der Waals surface area contributed by atoms with Gasteiger partial charge in [-0.2, -0.15) is 0 Å². The molecule has 1 unspecified atom stereocenters. The minimum atomic E-state index is -1.07. The summed E-state index contributed by atoms with van der Waals surface area (Å²) in [7, 11) is 2.89. The lowest BCUT2D eigenvalue weighted by Crippen LogP contribution is -2.57. The Balaban J connectivity index is 2.19. The first kappa shape index (κ1) is 14.7. The summed E-state index contributed by atoms with van der Waals surface area (Å²) in [5, 5.41) is 2.89. The Morgan fingerprint density at radius 1 is 1.40 bits per heavy atom. The fraction of sp³-hybridized carbons (Fsp3) is 0.500. The van der Waals surface area contributed by atoms with Gasteiger partial charge in [0, 0.05) is 0 Å². The number of esters is 1. The fourth-order valence-corrected chi connectivity index (χ4v) is 2.29. The highest BCUT2D eigenvalue weighted by Gasteiger charge is 2.52. The van der Waals surface area contributed by atoms with E-state index in [0.29, 0.717) is 0 Å². The molecule has 0 radical (unpaired) electrons. The van der Waals surface area contributed by atoms with Crippen LogP contribution in [0.15, 0.2) is 18.2 Å². The largest absolute Gasteiger partial charge is 0.485 e. The number of rotatable bonds is 6. The normalized spacial score (nSPS) is 17.4. The number of likely N-dealkylation sites (N-methyl/N-ethyl adjacent to an activating group) is 1. The topological polar surface area (TPSA) is 47.6 Å². The van der Waals surface area contributed by atoms with E-state index in [9.17, 15) is 13.6 Å². The zero-order valence-corrected chi connectivity index (χ0v) is 11.4. The van der Waals surface area contributed by atoms with Crippen LogP contribution in [0.3, 0.4) is 0 Å². The van der Waals surface area contributed by atoms with E-state index in [0.717, 1.165) is 25.0 Å². The maximum atomic E-state index is 13.5. The predicted octanol–water partition coefficient (Wildman–Crippen LogP) is 1.88. The molecule has 1 N–H and O–H groups in total. The lowest BCUT2D eigenvalue weighted by Gasteiger charge is -2.30. The molecule has 0 bridgehead atoms. The van der Waals surface area contributed by atoms with E-state index in [1.165, 1.54) is 13.2 Å². The standard InChI is InChI=1S/C14H17F2NO3/c1-17-14(9-6-7-9,13(18)19-2)8-20-12-10(15)4-3-5-11(12)16/h3-5,9,17H,6-8H2,1-2H3. The van der Waals surface area contributed by atoms with Gasteiger partial charge in [0.05, 0.1) is 7.11 Å². The Morgan fingerprint density at radius 3 is 2.45 bits per heavy atom. The molecular formula is C14H17F2NO3. The van der Waals surface area contributed by atoms with E-state index in [2.05, 4.69) is 5.32 Å². The van der Waals surface area contributed by atoms with Gasteiger partial charge in [0.1, 0.15) is 6.61 Å². The highest BCUT2D eigenvalue weighted by molar-refractivity contribution is 5.82. The first-order valence-corrected chi connectivity index (χ1v) is 6.39. The third kappa shape index (κ3) is 2.60. The average Bonchev–Trinajstić information content (AvgIpc) is 3.27. The molecule has 0 aliphatic heterocycles. The molecule has 1 aliphatic rings. The quantitative estimate of drug-likeness (QED) is 0.811. The minimum absolute atomic E-state index is 0.0507. The number of carbonyl (C=O) groups excluding carboxylic acids is 1. The third-order valence-corrected chi connectivity index (χ3v) is 3.63. The van der Waals surface area contributed by atoms with Crippen LogP contribution in [0.1, 0.15) is 12.8 Å². The van der Waals surface area contributed by atoms with Gasteiger partial charge in [-0.1, -0.05) is 6.07 Å². The summed E-state index contributed by atoms with van der Waals surface area (Å²) in [6.07, 6.45) is 1.69. The lowest BCUT2D eigenvalue weighted by molar-refractivity contribution is -0.151. The molecule has 0 saturated heterocycles. The molecule has 1 atom stereocenters. The molecule has 0 spiro atoms. The molecule has 0 heterocycles. The van der Waals surface area contributed by atoms with Crippen molar-refractivity contribution in [1.82, 2.24) is 5.32 Å². The van der Waals surface area contributed by atoms with Crippen molar-refractivity contribution >= 4 is 5.97 Å². The molecule has 110 valence electrons. The van der Waals surface area contributed by atoms with Gasteiger partial charge in [0.15, 0.2) is 22.9 Å². The van der Waals surface area contributed by atoms with Gasteiger partial charge in [-0.15, -0.1) is 0 Å². The second kappa shape index (κ2) is 5.75. The Morgan fingerprint density at radius 2 is 2.00 bits per heavy atom. The van der Waals surface area contributed by atoms with Crippen LogP contribution in [-0.2, 0) is 9.53 Å². The van der Waals surface area contributed by atoms with Crippen molar-refractivity contribution in [1.29, 1.82) is 0 Å². The van der Waals surface area contributed by atoms with Crippen molar-refractivity contribution in [2.24, 2.45) is 5.92 Å². The van der Waals surface area contributed by atoms with Crippen LogP contribution in [0, 0.1) is 17.6 Å². The van der Waals surface area contributed by atoms with E-state index >= 15 is 0 Å². The van der Waals surface area contributed by atoms with E-state index in [-0.39, 0.29) is 12.5 Å². The number of benzene rings is 1. The maximum absolute atomic E-state index is 13.5. The van der Waals surface area contributed by atoms with Crippen LogP contribution in [0.2, 0.25) is 0 Å². The van der Waals surface area contributed by atoms with Gasteiger partial charge in [-0.25, -0.2) is 13.6 Å². The molecule has 1 aromatic carbocycles. The van der Waals surface area contributed by atoms with E-state index in [4.69, 9.17) is 9.47 Å². The molecule has 1 aliphatic carbocycles. The Labute approximate surface area is 116 Å². The van der Waals surface area contributed by atoms with Gasteiger partial charge < -0.3 is 14.8 Å². The van der Waals surface area contributed by atoms with Gasteiger partial charge in [0.25, 0.3) is 0 Å². The zero-order chi connectivity index (χ0) is 14.8. The van der Waals surface area contributed by atoms with Gasteiger partial charge in [-0.05, 0) is 37.9 Å². The molecule has 6 heteroatoms. The van der Waals surface area contributed by atoms with Gasteiger partial charge >= 0.3 is 5.97 Å². The van der Waals surface area contributed by atoms with Crippen LogP contribution in [-0.4, -0.2) is 32.3 Å². The SMILES string of the molecule is CNC(COc1c(F)cccc1F)(C(=O)OC)C1CC1. The summed E-state index contributed by atoms with van der Waals surface area (Å²) < 4.78 is 37.1. The monoisotopic (exact) mass is 285 g/mol.